The van der Waals surface area contributed by atoms with Crippen LogP contribution < -0.4 is 10.6 Å². The Balaban J connectivity index is 2.29. The minimum absolute atomic E-state index is 0.00129. The van der Waals surface area contributed by atoms with E-state index in [0.29, 0.717) is 17.9 Å². The van der Waals surface area contributed by atoms with E-state index in [1.54, 1.807) is 6.92 Å². The topological polar surface area (TPSA) is 67.4 Å². The van der Waals surface area contributed by atoms with E-state index in [1.807, 2.05) is 0 Å². The number of dihydropyridines is 1. The monoisotopic (exact) mass is 366 g/mol. The average molecular weight is 366 g/mol. The fraction of sp³-hybridized carbons (Fsp3) is 0.333. The molecule has 0 radical (unpaired) electrons. The standard InChI is InChI=1S/C18H17F3N2O3/c1-9-14(17(25)26-2)15(16-12(23-9)7-22-8-13(16)24)10-5-3-4-6-11(10)18(19,20)21/h3-6,15,22-23H,7-8H2,1-2H3. The highest BCUT2D eigenvalue weighted by atomic mass is 19.4. The van der Waals surface area contributed by atoms with E-state index < -0.39 is 23.6 Å². The summed E-state index contributed by atoms with van der Waals surface area (Å²) in [5.41, 5.74) is 0.0235. The molecule has 26 heavy (non-hydrogen) atoms. The van der Waals surface area contributed by atoms with Gasteiger partial charge in [-0.15, -0.1) is 0 Å². The number of hydrogen-bond donors (Lipinski definition) is 2. The van der Waals surface area contributed by atoms with E-state index in [2.05, 4.69) is 10.6 Å². The smallest absolute Gasteiger partial charge is 0.416 e. The number of hydrogen-bond acceptors (Lipinski definition) is 5. The van der Waals surface area contributed by atoms with Gasteiger partial charge in [-0.3, -0.25) is 4.79 Å². The van der Waals surface area contributed by atoms with Crippen LogP contribution in [0.2, 0.25) is 0 Å². The number of allylic oxidation sites excluding steroid dienone is 1. The van der Waals surface area contributed by atoms with Crippen molar-refractivity contribution in [2.24, 2.45) is 0 Å². The molecule has 2 aliphatic rings. The second kappa shape index (κ2) is 6.60. The summed E-state index contributed by atoms with van der Waals surface area (Å²) >= 11 is 0. The lowest BCUT2D eigenvalue weighted by Crippen LogP contribution is -2.43. The fourth-order valence-electron chi connectivity index (χ4n) is 3.46. The van der Waals surface area contributed by atoms with Crippen molar-refractivity contribution < 1.29 is 27.5 Å². The highest BCUT2D eigenvalue weighted by Crippen LogP contribution is 2.44. The number of benzene rings is 1. The SMILES string of the molecule is COC(=O)C1=C(C)NC2=C(C(=O)CNC2)C1c1ccccc1C(F)(F)F. The number of esters is 1. The number of rotatable bonds is 2. The van der Waals surface area contributed by atoms with Gasteiger partial charge < -0.3 is 15.4 Å². The van der Waals surface area contributed by atoms with Crippen LogP contribution in [0.5, 0.6) is 0 Å². The lowest BCUT2D eigenvalue weighted by atomic mass is 9.76. The first-order chi connectivity index (χ1) is 12.3. The first-order valence-corrected chi connectivity index (χ1v) is 7.95. The van der Waals surface area contributed by atoms with Crippen molar-refractivity contribution in [3.05, 3.63) is 57.9 Å². The number of ketones is 1. The van der Waals surface area contributed by atoms with E-state index in [-0.39, 0.29) is 29.0 Å². The van der Waals surface area contributed by atoms with Crippen LogP contribution in [0, 0.1) is 0 Å². The number of ether oxygens (including phenoxy) is 1. The Morgan fingerprint density at radius 3 is 2.58 bits per heavy atom. The molecule has 0 saturated carbocycles. The Morgan fingerprint density at radius 2 is 1.92 bits per heavy atom. The largest absolute Gasteiger partial charge is 0.466 e. The summed E-state index contributed by atoms with van der Waals surface area (Å²) in [4.78, 5) is 24.9. The number of carbonyl (C=O) groups excluding carboxylic acids is 2. The molecule has 1 atom stereocenters. The second-order valence-corrected chi connectivity index (χ2v) is 6.09. The second-order valence-electron chi connectivity index (χ2n) is 6.09. The van der Waals surface area contributed by atoms with Gasteiger partial charge in [0, 0.05) is 29.4 Å². The van der Waals surface area contributed by atoms with Gasteiger partial charge in [0.1, 0.15) is 0 Å². The minimum atomic E-state index is -4.62. The van der Waals surface area contributed by atoms with Gasteiger partial charge >= 0.3 is 12.1 Å². The van der Waals surface area contributed by atoms with Gasteiger partial charge in [-0.1, -0.05) is 18.2 Å². The highest BCUT2D eigenvalue weighted by Gasteiger charge is 2.43. The van der Waals surface area contributed by atoms with E-state index in [1.165, 1.54) is 18.2 Å². The van der Waals surface area contributed by atoms with Crippen molar-refractivity contribution in [2.45, 2.75) is 19.0 Å². The number of methoxy groups -OCH3 is 1. The van der Waals surface area contributed by atoms with Crippen molar-refractivity contribution in [3.8, 4) is 0 Å². The summed E-state index contributed by atoms with van der Waals surface area (Å²) < 4.78 is 45.5. The number of halogens is 3. The molecule has 0 bridgehead atoms. The van der Waals surface area contributed by atoms with Gasteiger partial charge in [0.25, 0.3) is 0 Å². The maximum atomic E-state index is 13.6. The molecule has 1 aromatic carbocycles. The van der Waals surface area contributed by atoms with E-state index in [9.17, 15) is 22.8 Å². The maximum absolute atomic E-state index is 13.6. The lowest BCUT2D eigenvalue weighted by Gasteiger charge is -2.35. The fourth-order valence-corrected chi connectivity index (χ4v) is 3.46. The Bertz CT molecular complexity index is 840. The molecule has 2 aliphatic heterocycles. The molecule has 2 N–H and O–H groups in total. The molecular formula is C18H17F3N2O3. The van der Waals surface area contributed by atoms with Crippen LogP contribution >= 0.6 is 0 Å². The van der Waals surface area contributed by atoms with Crippen molar-refractivity contribution in [2.75, 3.05) is 20.2 Å². The van der Waals surface area contributed by atoms with Crippen molar-refractivity contribution in [1.29, 1.82) is 0 Å². The quantitative estimate of drug-likeness (QED) is 0.786. The molecule has 138 valence electrons. The highest BCUT2D eigenvalue weighted by molar-refractivity contribution is 6.04. The van der Waals surface area contributed by atoms with Crippen LogP contribution in [0.1, 0.15) is 24.0 Å². The van der Waals surface area contributed by atoms with Crippen LogP contribution in [0.3, 0.4) is 0 Å². The number of nitrogens with one attached hydrogen (secondary N) is 2. The van der Waals surface area contributed by atoms with Gasteiger partial charge in [-0.05, 0) is 18.6 Å². The van der Waals surface area contributed by atoms with E-state index >= 15 is 0 Å². The number of carbonyl (C=O) groups is 2. The van der Waals surface area contributed by atoms with Gasteiger partial charge in [-0.25, -0.2) is 4.79 Å². The van der Waals surface area contributed by atoms with Crippen molar-refractivity contribution in [1.82, 2.24) is 10.6 Å². The van der Waals surface area contributed by atoms with Gasteiger partial charge in [-0.2, -0.15) is 13.2 Å². The van der Waals surface area contributed by atoms with Crippen LogP contribution in [0.15, 0.2) is 46.8 Å². The molecule has 0 fully saturated rings. The molecule has 2 heterocycles. The lowest BCUT2D eigenvalue weighted by molar-refractivity contribution is -0.139. The van der Waals surface area contributed by atoms with E-state index in [0.717, 1.165) is 13.2 Å². The number of Topliss-reactive ketones (excluding diaryl/α,β-unsaturated/α-hetero) is 1. The number of alkyl halides is 3. The molecule has 1 unspecified atom stereocenters. The maximum Gasteiger partial charge on any atom is 0.416 e. The summed E-state index contributed by atoms with van der Waals surface area (Å²) in [5, 5.41) is 5.86. The first kappa shape index (κ1) is 18.2. The molecule has 5 nitrogen and oxygen atoms in total. The van der Waals surface area contributed by atoms with Gasteiger partial charge in [0.2, 0.25) is 0 Å². The molecular weight excluding hydrogens is 349 g/mol. The third-order valence-electron chi connectivity index (χ3n) is 4.52. The minimum Gasteiger partial charge on any atom is -0.466 e. The Labute approximate surface area is 147 Å². The van der Waals surface area contributed by atoms with Gasteiger partial charge in [0.05, 0.1) is 24.8 Å². The third kappa shape index (κ3) is 3.01. The molecule has 0 aromatic heterocycles. The molecule has 0 saturated heterocycles. The summed E-state index contributed by atoms with van der Waals surface area (Å²) in [6.45, 7) is 1.88. The molecule has 3 rings (SSSR count). The zero-order valence-corrected chi connectivity index (χ0v) is 14.2. The van der Waals surface area contributed by atoms with Crippen LogP contribution in [-0.4, -0.2) is 32.0 Å². The summed E-state index contributed by atoms with van der Waals surface area (Å²) in [6, 6.07) is 4.99. The predicted octanol–water partition coefficient (Wildman–Crippen LogP) is 2.27. The molecule has 8 heteroatoms. The summed E-state index contributed by atoms with van der Waals surface area (Å²) in [6.07, 6.45) is -4.62. The van der Waals surface area contributed by atoms with E-state index in [4.69, 9.17) is 4.74 Å². The van der Waals surface area contributed by atoms with Crippen LogP contribution in [0.4, 0.5) is 13.2 Å². The Kier molecular flexibility index (Phi) is 4.62. The zero-order chi connectivity index (χ0) is 19.1. The predicted molar refractivity (Wildman–Crippen MR) is 86.9 cm³/mol. The van der Waals surface area contributed by atoms with Crippen molar-refractivity contribution >= 4 is 11.8 Å². The Morgan fingerprint density at radius 1 is 1.23 bits per heavy atom. The molecule has 1 aromatic rings. The van der Waals surface area contributed by atoms with Crippen LogP contribution in [0.25, 0.3) is 0 Å². The Hall–Kier alpha value is -2.61. The third-order valence-corrected chi connectivity index (χ3v) is 4.52. The zero-order valence-electron chi connectivity index (χ0n) is 14.2. The molecule has 0 amide bonds. The summed E-state index contributed by atoms with van der Waals surface area (Å²) in [7, 11) is 1.16. The average Bonchev–Trinajstić information content (AvgIpc) is 2.59. The summed E-state index contributed by atoms with van der Waals surface area (Å²) in [5.74, 6) is -2.25. The molecule has 0 aliphatic carbocycles. The van der Waals surface area contributed by atoms with Crippen LogP contribution in [-0.2, 0) is 20.5 Å². The van der Waals surface area contributed by atoms with Gasteiger partial charge in [0.15, 0.2) is 5.78 Å². The first-order valence-electron chi connectivity index (χ1n) is 7.95. The molecule has 0 spiro atoms. The van der Waals surface area contributed by atoms with Crippen molar-refractivity contribution in [3.63, 3.8) is 0 Å². The normalized spacial score (nSPS) is 20.7.